The molecule has 0 saturated carbocycles. The van der Waals surface area contributed by atoms with E-state index in [0.29, 0.717) is 0 Å². The molecule has 0 aliphatic carbocycles. The zero-order chi connectivity index (χ0) is 3.58. The molecule has 6 N–H and O–H groups in total. The number of hydrogen-bond acceptors (Lipinski definition) is 4. The molecule has 0 saturated heterocycles. The van der Waals surface area contributed by atoms with E-state index >= 15 is 0 Å². The van der Waals surface area contributed by atoms with Gasteiger partial charge in [-0.3, -0.25) is 0 Å². The van der Waals surface area contributed by atoms with Gasteiger partial charge < -0.3 is 21.2 Å². The molecule has 0 radical (unpaired) electrons. The molecule has 0 unspecified atom stereocenters. The Morgan fingerprint density at radius 2 is 1.00 bits per heavy atom. The molecular formula is H8BBrNNaO3. The molecule has 0 amide bonds. The van der Waals surface area contributed by atoms with Crippen LogP contribution in [-0.2, 0) is 0 Å². The fourth-order valence-corrected chi connectivity index (χ4v) is 0. The summed E-state index contributed by atoms with van der Waals surface area (Å²) in [5, 5.41) is 21.5. The fraction of sp³-hybridized carbons (Fsp3) is 0. The van der Waals surface area contributed by atoms with Crippen LogP contribution in [-0.4, -0.2) is 52.0 Å². The minimum atomic E-state index is -2.17. The molecule has 0 spiro atoms. The van der Waals surface area contributed by atoms with E-state index in [4.69, 9.17) is 15.1 Å². The normalized spacial score (nSPS) is 3.86. The maximum atomic E-state index is 7.17. The maximum absolute atomic E-state index is 7.17. The van der Waals surface area contributed by atoms with Crippen LogP contribution in [0.25, 0.3) is 0 Å². The van der Waals surface area contributed by atoms with E-state index in [-0.39, 0.29) is 52.7 Å². The Hall–Kier alpha value is 1.38. The molecule has 42 valence electrons. The zero-order valence-electron chi connectivity index (χ0n) is 3.03. The summed E-state index contributed by atoms with van der Waals surface area (Å²) in [6, 6.07) is 0. The molecule has 7 heavy (non-hydrogen) atoms. The van der Waals surface area contributed by atoms with Gasteiger partial charge in [-0.15, -0.1) is 17.0 Å². The third-order valence-electron chi connectivity index (χ3n) is 0. The minimum absolute atomic E-state index is 0. The average Bonchev–Trinajstić information content (AvgIpc) is 0.811. The van der Waals surface area contributed by atoms with E-state index in [1.165, 1.54) is 0 Å². The van der Waals surface area contributed by atoms with Gasteiger partial charge in [-0.25, -0.2) is 0 Å². The predicted octanol–water partition coefficient (Wildman–Crippen LogP) is -1.96. The second-order valence-corrected chi connectivity index (χ2v) is 0.346. The van der Waals surface area contributed by atoms with Crippen LogP contribution in [0.4, 0.5) is 0 Å². The first-order valence-electron chi connectivity index (χ1n) is 0.775. The van der Waals surface area contributed by atoms with Crippen LogP contribution < -0.4 is 6.15 Å². The van der Waals surface area contributed by atoms with Crippen molar-refractivity contribution in [3.8, 4) is 0 Å². The van der Waals surface area contributed by atoms with Gasteiger partial charge in [0.15, 0.2) is 0 Å². The Balaban J connectivity index is -0.0000000150. The van der Waals surface area contributed by atoms with Gasteiger partial charge in [0.1, 0.15) is 0 Å². The van der Waals surface area contributed by atoms with Crippen molar-refractivity contribution in [2.45, 2.75) is 0 Å². The van der Waals surface area contributed by atoms with Crippen molar-refractivity contribution in [1.82, 2.24) is 6.15 Å². The predicted molar refractivity (Wildman–Crippen MR) is 34.9 cm³/mol. The van der Waals surface area contributed by atoms with Gasteiger partial charge in [-0.1, -0.05) is 0 Å². The Morgan fingerprint density at radius 1 is 1.00 bits per heavy atom. The van der Waals surface area contributed by atoms with E-state index in [0.717, 1.165) is 0 Å². The molecule has 0 heterocycles. The summed E-state index contributed by atoms with van der Waals surface area (Å²) in [4.78, 5) is 0. The molecule has 0 aromatic rings. The molecular weight excluding hydrogens is 176 g/mol. The van der Waals surface area contributed by atoms with Crippen molar-refractivity contribution >= 4 is 53.9 Å². The van der Waals surface area contributed by atoms with Crippen molar-refractivity contribution in [1.29, 1.82) is 0 Å². The van der Waals surface area contributed by atoms with E-state index in [9.17, 15) is 0 Å². The summed E-state index contributed by atoms with van der Waals surface area (Å²) in [5.41, 5.74) is 0. The quantitative estimate of drug-likeness (QED) is 0.328. The summed E-state index contributed by atoms with van der Waals surface area (Å²) in [7, 11) is -2.17. The van der Waals surface area contributed by atoms with E-state index in [1.807, 2.05) is 0 Å². The first-order chi connectivity index (χ1) is 1.73. The SMILES string of the molecule is Br.N.OB(O)O.[NaH]. The van der Waals surface area contributed by atoms with Crippen LogP contribution in [0.2, 0.25) is 0 Å². The fourth-order valence-electron chi connectivity index (χ4n) is 0. The van der Waals surface area contributed by atoms with E-state index < -0.39 is 7.32 Å². The molecule has 0 atom stereocenters. The van der Waals surface area contributed by atoms with Gasteiger partial charge in [-0.05, 0) is 0 Å². The Bertz CT molecular complexity index is 19.7. The summed E-state index contributed by atoms with van der Waals surface area (Å²) >= 11 is 0. The van der Waals surface area contributed by atoms with E-state index in [1.54, 1.807) is 0 Å². The van der Waals surface area contributed by atoms with Crippen LogP contribution in [0, 0.1) is 0 Å². The molecule has 0 aromatic carbocycles. The van der Waals surface area contributed by atoms with Crippen LogP contribution in [0.15, 0.2) is 0 Å². The Kier molecular flexibility index (Phi) is 53.2. The van der Waals surface area contributed by atoms with Gasteiger partial charge in [-0.2, -0.15) is 0 Å². The summed E-state index contributed by atoms with van der Waals surface area (Å²) in [5.74, 6) is 0. The number of hydrogen-bond donors (Lipinski definition) is 4. The summed E-state index contributed by atoms with van der Waals surface area (Å²) in [6.45, 7) is 0. The third kappa shape index (κ3) is 112. The van der Waals surface area contributed by atoms with Gasteiger partial charge >= 0.3 is 36.9 Å². The molecule has 0 rings (SSSR count). The molecule has 0 aliphatic heterocycles. The molecule has 0 aromatic heterocycles. The number of halogens is 1. The van der Waals surface area contributed by atoms with Crippen molar-refractivity contribution in [3.05, 3.63) is 0 Å². The monoisotopic (exact) mass is 183 g/mol. The van der Waals surface area contributed by atoms with Crippen LogP contribution in [0.3, 0.4) is 0 Å². The second-order valence-electron chi connectivity index (χ2n) is 0.346. The van der Waals surface area contributed by atoms with Crippen molar-refractivity contribution in [3.63, 3.8) is 0 Å². The standard InChI is InChI=1S/BH3O3.BrH.H3N.Na.H/c2-1(3)4;;;;/h2-4H;1H;1H3;;. The van der Waals surface area contributed by atoms with Gasteiger partial charge in [0, 0.05) is 0 Å². The van der Waals surface area contributed by atoms with Gasteiger partial charge in [0.05, 0.1) is 0 Å². The molecule has 0 fully saturated rings. The average molecular weight is 184 g/mol. The molecule has 4 nitrogen and oxygen atoms in total. The second kappa shape index (κ2) is 15.7. The van der Waals surface area contributed by atoms with Gasteiger partial charge in [0.2, 0.25) is 0 Å². The zero-order valence-corrected chi connectivity index (χ0v) is 4.75. The van der Waals surface area contributed by atoms with Crippen LogP contribution in [0.1, 0.15) is 0 Å². The summed E-state index contributed by atoms with van der Waals surface area (Å²) in [6.07, 6.45) is 0. The molecule has 0 aliphatic rings. The summed E-state index contributed by atoms with van der Waals surface area (Å²) < 4.78 is 0. The van der Waals surface area contributed by atoms with Crippen LogP contribution in [0.5, 0.6) is 0 Å². The number of rotatable bonds is 0. The molecule has 0 bridgehead atoms. The first kappa shape index (κ1) is 23.8. The van der Waals surface area contributed by atoms with Gasteiger partial charge in [0.25, 0.3) is 0 Å². The molecule has 7 heteroatoms. The van der Waals surface area contributed by atoms with E-state index in [2.05, 4.69) is 0 Å². The first-order valence-corrected chi connectivity index (χ1v) is 0.775. The van der Waals surface area contributed by atoms with Crippen molar-refractivity contribution < 1.29 is 15.1 Å². The topological polar surface area (TPSA) is 95.7 Å². The Labute approximate surface area is 74.7 Å². The van der Waals surface area contributed by atoms with Crippen LogP contribution >= 0.6 is 17.0 Å². The Morgan fingerprint density at radius 3 is 1.00 bits per heavy atom. The van der Waals surface area contributed by atoms with Crippen molar-refractivity contribution in [2.75, 3.05) is 0 Å². The third-order valence-corrected chi connectivity index (χ3v) is 0. The van der Waals surface area contributed by atoms with Crippen molar-refractivity contribution in [2.24, 2.45) is 0 Å².